The summed E-state index contributed by atoms with van der Waals surface area (Å²) in [6.07, 6.45) is -0.0732. The summed E-state index contributed by atoms with van der Waals surface area (Å²) in [5.41, 5.74) is 2.33. The van der Waals surface area contributed by atoms with Crippen molar-refractivity contribution in [2.75, 3.05) is 0 Å². The van der Waals surface area contributed by atoms with Gasteiger partial charge in [-0.15, -0.1) is 0 Å². The molecule has 0 aliphatic carbocycles. The van der Waals surface area contributed by atoms with Crippen molar-refractivity contribution in [1.82, 2.24) is 0 Å². The van der Waals surface area contributed by atoms with Crippen molar-refractivity contribution in [2.45, 2.75) is 40.2 Å². The molecule has 3 nitrogen and oxygen atoms in total. The number of benzene rings is 1. The molecule has 4 heteroatoms. The lowest BCUT2D eigenvalue weighted by Crippen LogP contribution is -2.11. The SMILES string of the molecule is Cc1cc(OC(C)C)c(CC(=O)O)c(C)c1Cl. The second-order valence-corrected chi connectivity index (χ2v) is 4.72. The molecule has 0 fully saturated rings. The molecule has 0 radical (unpaired) electrons. The van der Waals surface area contributed by atoms with E-state index in [1.165, 1.54) is 0 Å². The molecule has 0 atom stereocenters. The Bertz CT molecular complexity index is 439. The summed E-state index contributed by atoms with van der Waals surface area (Å²) >= 11 is 6.13. The molecular weight excluding hydrogens is 240 g/mol. The number of carboxylic acid groups (broad SMARTS) is 1. The summed E-state index contributed by atoms with van der Waals surface area (Å²) in [6.45, 7) is 7.52. The third-order valence-electron chi connectivity index (χ3n) is 2.46. The molecule has 17 heavy (non-hydrogen) atoms. The summed E-state index contributed by atoms with van der Waals surface area (Å²) in [7, 11) is 0. The number of hydrogen-bond donors (Lipinski definition) is 1. The minimum atomic E-state index is -0.887. The smallest absolute Gasteiger partial charge is 0.307 e. The predicted molar refractivity (Wildman–Crippen MR) is 68.0 cm³/mol. The largest absolute Gasteiger partial charge is 0.491 e. The van der Waals surface area contributed by atoms with Gasteiger partial charge < -0.3 is 9.84 Å². The van der Waals surface area contributed by atoms with Crippen molar-refractivity contribution < 1.29 is 14.6 Å². The van der Waals surface area contributed by atoms with Gasteiger partial charge in [0.25, 0.3) is 0 Å². The van der Waals surface area contributed by atoms with E-state index in [1.54, 1.807) is 6.07 Å². The van der Waals surface area contributed by atoms with Gasteiger partial charge >= 0.3 is 5.97 Å². The van der Waals surface area contributed by atoms with Crippen LogP contribution in [0.3, 0.4) is 0 Å². The van der Waals surface area contributed by atoms with Gasteiger partial charge in [0.15, 0.2) is 0 Å². The first-order valence-corrected chi connectivity index (χ1v) is 5.87. The molecule has 1 aromatic rings. The first kappa shape index (κ1) is 13.8. The highest BCUT2D eigenvalue weighted by molar-refractivity contribution is 6.32. The molecule has 1 aromatic carbocycles. The zero-order chi connectivity index (χ0) is 13.2. The van der Waals surface area contributed by atoms with Gasteiger partial charge in [0.2, 0.25) is 0 Å². The highest BCUT2D eigenvalue weighted by atomic mass is 35.5. The molecular formula is C13H17ClO3. The summed E-state index contributed by atoms with van der Waals surface area (Å²) < 4.78 is 5.64. The molecule has 0 saturated carbocycles. The van der Waals surface area contributed by atoms with Crippen molar-refractivity contribution in [3.05, 3.63) is 27.8 Å². The van der Waals surface area contributed by atoms with Gasteiger partial charge in [-0.05, 0) is 44.9 Å². The lowest BCUT2D eigenvalue weighted by Gasteiger charge is -2.17. The molecule has 0 heterocycles. The molecule has 1 N–H and O–H groups in total. The van der Waals surface area contributed by atoms with E-state index in [0.717, 1.165) is 11.1 Å². The third-order valence-corrected chi connectivity index (χ3v) is 3.05. The Kier molecular flexibility index (Phi) is 4.40. The summed E-state index contributed by atoms with van der Waals surface area (Å²) in [5, 5.41) is 9.52. The van der Waals surface area contributed by atoms with E-state index < -0.39 is 5.97 Å². The predicted octanol–water partition coefficient (Wildman–Crippen LogP) is 3.37. The molecule has 0 aromatic heterocycles. The summed E-state index contributed by atoms with van der Waals surface area (Å²) in [4.78, 5) is 10.9. The molecule has 0 saturated heterocycles. The van der Waals surface area contributed by atoms with Gasteiger partial charge in [-0.1, -0.05) is 11.6 Å². The van der Waals surface area contributed by atoms with Crippen LogP contribution >= 0.6 is 11.6 Å². The molecule has 0 unspecified atom stereocenters. The third kappa shape index (κ3) is 3.37. The number of aliphatic carboxylic acids is 1. The fraction of sp³-hybridized carbons (Fsp3) is 0.462. The average Bonchev–Trinajstić information content (AvgIpc) is 2.20. The Morgan fingerprint density at radius 3 is 2.53 bits per heavy atom. The van der Waals surface area contributed by atoms with Gasteiger partial charge in [-0.2, -0.15) is 0 Å². The zero-order valence-electron chi connectivity index (χ0n) is 10.5. The average molecular weight is 257 g/mol. The lowest BCUT2D eigenvalue weighted by molar-refractivity contribution is -0.136. The maximum atomic E-state index is 10.9. The number of halogens is 1. The number of rotatable bonds is 4. The minimum absolute atomic E-state index is 0.00233. The normalized spacial score (nSPS) is 10.7. The molecule has 0 bridgehead atoms. The van der Waals surface area contributed by atoms with Crippen LogP contribution in [0, 0.1) is 13.8 Å². The Labute approximate surface area is 106 Å². The van der Waals surface area contributed by atoms with Crippen LogP contribution in [0.5, 0.6) is 5.75 Å². The zero-order valence-corrected chi connectivity index (χ0v) is 11.3. The fourth-order valence-electron chi connectivity index (χ4n) is 1.69. The molecule has 0 aliphatic heterocycles. The standard InChI is InChI=1S/C13H17ClO3/c1-7(2)17-11-5-8(3)13(14)9(4)10(11)6-12(15)16/h5,7H,6H2,1-4H3,(H,15,16). The fourth-order valence-corrected chi connectivity index (χ4v) is 1.86. The van der Waals surface area contributed by atoms with Crippen LogP contribution in [0.2, 0.25) is 5.02 Å². The molecule has 0 aliphatic rings. The summed E-state index contributed by atoms with van der Waals surface area (Å²) in [6, 6.07) is 1.80. The first-order chi connectivity index (χ1) is 7.82. The number of carboxylic acids is 1. The van der Waals surface area contributed by atoms with Crippen LogP contribution in [0.4, 0.5) is 0 Å². The number of carbonyl (C=O) groups is 1. The van der Waals surface area contributed by atoms with Crippen LogP contribution < -0.4 is 4.74 Å². The highest BCUT2D eigenvalue weighted by Gasteiger charge is 2.16. The van der Waals surface area contributed by atoms with Crippen LogP contribution in [0.25, 0.3) is 0 Å². The Morgan fingerprint density at radius 2 is 2.06 bits per heavy atom. The molecule has 1 rings (SSSR count). The highest BCUT2D eigenvalue weighted by Crippen LogP contribution is 2.32. The van der Waals surface area contributed by atoms with Crippen LogP contribution in [0.15, 0.2) is 6.07 Å². The summed E-state index contributed by atoms with van der Waals surface area (Å²) in [5.74, 6) is -0.275. The Balaban J connectivity index is 3.29. The van der Waals surface area contributed by atoms with E-state index in [-0.39, 0.29) is 12.5 Å². The van der Waals surface area contributed by atoms with Crippen molar-refractivity contribution >= 4 is 17.6 Å². The Hall–Kier alpha value is -1.22. The molecule has 94 valence electrons. The van der Waals surface area contributed by atoms with Crippen LogP contribution in [-0.2, 0) is 11.2 Å². The van der Waals surface area contributed by atoms with E-state index in [2.05, 4.69) is 0 Å². The quantitative estimate of drug-likeness (QED) is 0.898. The number of aryl methyl sites for hydroxylation is 1. The van der Waals surface area contributed by atoms with Gasteiger partial charge in [0, 0.05) is 10.6 Å². The molecule has 0 spiro atoms. The van der Waals surface area contributed by atoms with E-state index in [9.17, 15) is 4.79 Å². The van der Waals surface area contributed by atoms with E-state index in [0.29, 0.717) is 16.3 Å². The monoisotopic (exact) mass is 256 g/mol. The van der Waals surface area contributed by atoms with Crippen molar-refractivity contribution in [3.8, 4) is 5.75 Å². The van der Waals surface area contributed by atoms with Crippen molar-refractivity contribution in [2.24, 2.45) is 0 Å². The minimum Gasteiger partial charge on any atom is -0.491 e. The van der Waals surface area contributed by atoms with E-state index in [4.69, 9.17) is 21.4 Å². The van der Waals surface area contributed by atoms with Gasteiger partial charge in [-0.25, -0.2) is 0 Å². The topological polar surface area (TPSA) is 46.5 Å². The van der Waals surface area contributed by atoms with Gasteiger partial charge in [0.05, 0.1) is 12.5 Å². The van der Waals surface area contributed by atoms with Crippen molar-refractivity contribution in [3.63, 3.8) is 0 Å². The molecule has 0 amide bonds. The van der Waals surface area contributed by atoms with E-state index >= 15 is 0 Å². The lowest BCUT2D eigenvalue weighted by atomic mass is 10.0. The first-order valence-electron chi connectivity index (χ1n) is 5.50. The van der Waals surface area contributed by atoms with Crippen molar-refractivity contribution in [1.29, 1.82) is 0 Å². The second-order valence-electron chi connectivity index (χ2n) is 4.35. The maximum absolute atomic E-state index is 10.9. The van der Waals surface area contributed by atoms with Gasteiger partial charge in [0.1, 0.15) is 5.75 Å². The number of ether oxygens (including phenoxy) is 1. The maximum Gasteiger partial charge on any atom is 0.307 e. The van der Waals surface area contributed by atoms with Gasteiger partial charge in [-0.3, -0.25) is 4.79 Å². The van der Waals surface area contributed by atoms with E-state index in [1.807, 2.05) is 27.7 Å². The second kappa shape index (κ2) is 5.41. The van der Waals surface area contributed by atoms with Crippen LogP contribution in [-0.4, -0.2) is 17.2 Å². The van der Waals surface area contributed by atoms with Crippen LogP contribution in [0.1, 0.15) is 30.5 Å². The number of hydrogen-bond acceptors (Lipinski definition) is 2. The Morgan fingerprint density at radius 1 is 1.47 bits per heavy atom.